The summed E-state index contributed by atoms with van der Waals surface area (Å²) in [6, 6.07) is 5.96. The molecule has 0 heterocycles. The van der Waals surface area contributed by atoms with Gasteiger partial charge in [0.25, 0.3) is 0 Å². The molecule has 1 rings (SSSR count). The summed E-state index contributed by atoms with van der Waals surface area (Å²) in [5.41, 5.74) is 7.54. The molecular formula is C12H17NO2. The first-order valence-corrected chi connectivity index (χ1v) is 4.84. The first-order valence-electron chi connectivity index (χ1n) is 4.84. The summed E-state index contributed by atoms with van der Waals surface area (Å²) in [6.07, 6.45) is 3.90. The molecule has 0 atom stereocenters. The van der Waals surface area contributed by atoms with Crippen LogP contribution in [0.3, 0.4) is 0 Å². The highest BCUT2D eigenvalue weighted by atomic mass is 16.5. The van der Waals surface area contributed by atoms with Crippen molar-refractivity contribution in [1.29, 1.82) is 0 Å². The molecule has 0 fully saturated rings. The molecule has 0 radical (unpaired) electrons. The van der Waals surface area contributed by atoms with Gasteiger partial charge in [-0.25, -0.2) is 0 Å². The molecule has 3 heteroatoms. The van der Waals surface area contributed by atoms with Gasteiger partial charge in [0.2, 0.25) is 0 Å². The van der Waals surface area contributed by atoms with Gasteiger partial charge < -0.3 is 15.2 Å². The van der Waals surface area contributed by atoms with E-state index in [-0.39, 0.29) is 0 Å². The fourth-order valence-electron chi connectivity index (χ4n) is 1.37. The fraction of sp³-hybridized carbons (Fsp3) is 0.333. The monoisotopic (exact) mass is 207 g/mol. The molecule has 0 aromatic heterocycles. The molecule has 15 heavy (non-hydrogen) atoms. The number of ether oxygens (including phenoxy) is 2. The Labute approximate surface area is 90.5 Å². The number of nitrogens with two attached hydrogens (primary N) is 1. The van der Waals surface area contributed by atoms with Gasteiger partial charge >= 0.3 is 0 Å². The smallest absolute Gasteiger partial charge is 0.124 e. The number of benzene rings is 1. The average molecular weight is 207 g/mol. The molecule has 0 bridgehead atoms. The van der Waals surface area contributed by atoms with Crippen molar-refractivity contribution in [1.82, 2.24) is 0 Å². The van der Waals surface area contributed by atoms with Crippen LogP contribution in [0, 0.1) is 0 Å². The van der Waals surface area contributed by atoms with Crippen LogP contribution in [0.1, 0.15) is 11.1 Å². The highest BCUT2D eigenvalue weighted by Crippen LogP contribution is 2.21. The Morgan fingerprint density at radius 2 is 2.13 bits per heavy atom. The molecule has 0 spiro atoms. The summed E-state index contributed by atoms with van der Waals surface area (Å²) in [4.78, 5) is 0. The Kier molecular flexibility index (Phi) is 4.87. The van der Waals surface area contributed by atoms with Crippen molar-refractivity contribution in [2.24, 2.45) is 5.73 Å². The number of methoxy groups -OCH3 is 2. The first kappa shape index (κ1) is 11.8. The van der Waals surface area contributed by atoms with Gasteiger partial charge in [-0.3, -0.25) is 0 Å². The molecule has 82 valence electrons. The number of hydrogen-bond acceptors (Lipinski definition) is 3. The van der Waals surface area contributed by atoms with E-state index in [0.29, 0.717) is 13.2 Å². The molecule has 0 aliphatic rings. The highest BCUT2D eigenvalue weighted by Gasteiger charge is 2.02. The Balaban J connectivity index is 2.93. The second kappa shape index (κ2) is 6.22. The van der Waals surface area contributed by atoms with E-state index in [1.807, 2.05) is 30.4 Å². The van der Waals surface area contributed by atoms with Gasteiger partial charge in [0.05, 0.1) is 13.7 Å². The van der Waals surface area contributed by atoms with Crippen molar-refractivity contribution in [3.05, 3.63) is 35.4 Å². The van der Waals surface area contributed by atoms with Gasteiger partial charge in [-0.1, -0.05) is 18.2 Å². The third-order valence-corrected chi connectivity index (χ3v) is 2.05. The van der Waals surface area contributed by atoms with Crippen molar-refractivity contribution in [2.45, 2.75) is 6.61 Å². The van der Waals surface area contributed by atoms with E-state index in [4.69, 9.17) is 15.2 Å². The molecule has 1 aromatic rings. The molecule has 0 amide bonds. The van der Waals surface area contributed by atoms with E-state index >= 15 is 0 Å². The maximum absolute atomic E-state index is 5.39. The van der Waals surface area contributed by atoms with Crippen LogP contribution in [0.15, 0.2) is 24.3 Å². The molecule has 0 saturated carbocycles. The van der Waals surface area contributed by atoms with Crippen molar-refractivity contribution in [2.75, 3.05) is 20.8 Å². The Hall–Kier alpha value is -1.32. The predicted octanol–water partition coefficient (Wildman–Crippen LogP) is 1.81. The van der Waals surface area contributed by atoms with Crippen LogP contribution in [0.5, 0.6) is 5.75 Å². The molecule has 2 N–H and O–H groups in total. The van der Waals surface area contributed by atoms with Gasteiger partial charge in [0.15, 0.2) is 0 Å². The standard InChI is InChI=1S/C12H17NO2/c1-14-9-11-8-10(4-3-7-13)5-6-12(11)15-2/h3-6,8H,7,9,13H2,1-2H3/b4-3+. The van der Waals surface area contributed by atoms with Gasteiger partial charge in [0.1, 0.15) is 5.75 Å². The van der Waals surface area contributed by atoms with E-state index in [1.54, 1.807) is 14.2 Å². The minimum atomic E-state index is 0.547. The third-order valence-electron chi connectivity index (χ3n) is 2.05. The van der Waals surface area contributed by atoms with Crippen molar-refractivity contribution in [3.63, 3.8) is 0 Å². The van der Waals surface area contributed by atoms with Crippen LogP contribution in [-0.4, -0.2) is 20.8 Å². The molecule has 0 aliphatic heterocycles. The summed E-state index contributed by atoms with van der Waals surface area (Å²) in [6.45, 7) is 1.10. The summed E-state index contributed by atoms with van der Waals surface area (Å²) in [5.74, 6) is 0.849. The lowest BCUT2D eigenvalue weighted by Gasteiger charge is -2.08. The average Bonchev–Trinajstić information content (AvgIpc) is 2.27. The molecule has 1 aromatic carbocycles. The number of rotatable bonds is 5. The minimum Gasteiger partial charge on any atom is -0.496 e. The normalized spacial score (nSPS) is 10.9. The van der Waals surface area contributed by atoms with Crippen LogP contribution in [-0.2, 0) is 11.3 Å². The van der Waals surface area contributed by atoms with Gasteiger partial charge in [-0.2, -0.15) is 0 Å². The van der Waals surface area contributed by atoms with Crippen LogP contribution < -0.4 is 10.5 Å². The van der Waals surface area contributed by atoms with Crippen molar-refractivity contribution >= 4 is 6.08 Å². The Morgan fingerprint density at radius 1 is 1.33 bits per heavy atom. The van der Waals surface area contributed by atoms with Crippen molar-refractivity contribution < 1.29 is 9.47 Å². The van der Waals surface area contributed by atoms with Gasteiger partial charge in [-0.15, -0.1) is 0 Å². The van der Waals surface area contributed by atoms with E-state index in [2.05, 4.69) is 0 Å². The largest absolute Gasteiger partial charge is 0.496 e. The van der Waals surface area contributed by atoms with Crippen molar-refractivity contribution in [3.8, 4) is 5.75 Å². The quantitative estimate of drug-likeness (QED) is 0.801. The summed E-state index contributed by atoms with van der Waals surface area (Å²) in [7, 11) is 3.33. The maximum Gasteiger partial charge on any atom is 0.124 e. The zero-order valence-corrected chi connectivity index (χ0v) is 9.19. The summed E-state index contributed by atoms with van der Waals surface area (Å²) >= 11 is 0. The lowest BCUT2D eigenvalue weighted by molar-refractivity contribution is 0.181. The van der Waals surface area contributed by atoms with Gasteiger partial charge in [-0.05, 0) is 17.7 Å². The van der Waals surface area contributed by atoms with E-state index < -0.39 is 0 Å². The first-order chi connectivity index (χ1) is 7.31. The van der Waals surface area contributed by atoms with Gasteiger partial charge in [0, 0.05) is 19.2 Å². The summed E-state index contributed by atoms with van der Waals surface area (Å²) < 4.78 is 10.3. The fourth-order valence-corrected chi connectivity index (χ4v) is 1.37. The lowest BCUT2D eigenvalue weighted by Crippen LogP contribution is -1.95. The summed E-state index contributed by atoms with van der Waals surface area (Å²) in [5, 5.41) is 0. The van der Waals surface area contributed by atoms with Crippen LogP contribution in [0.4, 0.5) is 0 Å². The van der Waals surface area contributed by atoms with Crippen LogP contribution in [0.2, 0.25) is 0 Å². The molecule has 0 aliphatic carbocycles. The van der Waals surface area contributed by atoms with E-state index in [0.717, 1.165) is 16.9 Å². The molecule has 0 saturated heterocycles. The van der Waals surface area contributed by atoms with E-state index in [1.165, 1.54) is 0 Å². The van der Waals surface area contributed by atoms with Crippen LogP contribution >= 0.6 is 0 Å². The minimum absolute atomic E-state index is 0.547. The number of hydrogen-bond donors (Lipinski definition) is 1. The lowest BCUT2D eigenvalue weighted by atomic mass is 10.1. The predicted molar refractivity (Wildman–Crippen MR) is 61.8 cm³/mol. The third kappa shape index (κ3) is 3.38. The SMILES string of the molecule is COCc1cc(/C=C/CN)ccc1OC. The molecule has 3 nitrogen and oxygen atoms in total. The molecular weight excluding hydrogens is 190 g/mol. The second-order valence-electron chi connectivity index (χ2n) is 3.14. The Bertz CT molecular complexity index is 334. The Morgan fingerprint density at radius 3 is 2.73 bits per heavy atom. The maximum atomic E-state index is 5.39. The second-order valence-corrected chi connectivity index (χ2v) is 3.14. The highest BCUT2D eigenvalue weighted by molar-refractivity contribution is 5.53. The zero-order chi connectivity index (χ0) is 11.1. The zero-order valence-electron chi connectivity index (χ0n) is 9.19. The molecule has 0 unspecified atom stereocenters. The van der Waals surface area contributed by atoms with Crippen LogP contribution in [0.25, 0.3) is 6.08 Å². The van der Waals surface area contributed by atoms with E-state index in [9.17, 15) is 0 Å². The topological polar surface area (TPSA) is 44.5 Å².